The molecule has 11 aromatic rings. The van der Waals surface area contributed by atoms with Crippen LogP contribution in [0.2, 0.25) is 0 Å². The van der Waals surface area contributed by atoms with E-state index >= 15 is 0 Å². The van der Waals surface area contributed by atoms with Crippen LogP contribution in [-0.2, 0) is 0 Å². The molecule has 11 rings (SSSR count). The van der Waals surface area contributed by atoms with Crippen LogP contribution in [0.15, 0.2) is 217 Å². The van der Waals surface area contributed by atoms with Gasteiger partial charge in [-0.05, 0) is 98.2 Å². The van der Waals surface area contributed by atoms with Crippen LogP contribution < -0.4 is 0 Å². The predicted octanol–water partition coefficient (Wildman–Crippen LogP) is 14.6. The molecule has 0 spiro atoms. The number of hydrogen-bond donors (Lipinski definition) is 0. The van der Waals surface area contributed by atoms with Gasteiger partial charge in [0.15, 0.2) is 17.5 Å². The van der Waals surface area contributed by atoms with Crippen LogP contribution in [0.4, 0.5) is 0 Å². The van der Waals surface area contributed by atoms with E-state index in [0.717, 1.165) is 71.6 Å². The molecule has 59 heavy (non-hydrogen) atoms. The third kappa shape index (κ3) is 6.43. The van der Waals surface area contributed by atoms with Crippen molar-refractivity contribution in [2.75, 3.05) is 0 Å². The van der Waals surface area contributed by atoms with E-state index in [9.17, 15) is 0 Å². The minimum Gasteiger partial charge on any atom is -0.455 e. The number of benzene rings is 9. The monoisotopic (exact) mass is 758 g/mol. The molecule has 0 unspecified atom stereocenters. The SMILES string of the molecule is [2H]c1c([2H])c([2H])c(-c2cc(-c3ccc4cc(-c5ccccc5)ccc4c3)cc(-c3nc(-c4ccccc4)nc(-c4ccc(-c5ccccc5)c5oc6ccccc6c45)n3)c2)c([2H])c1[2H]. The van der Waals surface area contributed by atoms with Crippen LogP contribution in [0.3, 0.4) is 0 Å². The predicted molar refractivity (Wildman–Crippen MR) is 243 cm³/mol. The standard InChI is InChI=1S/C55H35N3O/c1-5-15-36(16-6-1)40-25-26-42-32-43(28-27-41(42)31-40)45-33-44(37-17-7-2-8-18-37)34-46(35-45)54-56-53(39-21-11-4-12-22-39)57-55(58-54)49-30-29-47(38-19-9-3-10-20-38)52-51(49)48-23-13-14-24-50(48)59-52/h1-35H/i2D,7D,8D,17D,18D. The van der Waals surface area contributed by atoms with E-state index in [-0.39, 0.29) is 17.6 Å². The normalized spacial score (nSPS) is 12.6. The van der Waals surface area contributed by atoms with E-state index in [2.05, 4.69) is 54.6 Å². The summed E-state index contributed by atoms with van der Waals surface area (Å²) >= 11 is 0. The zero-order chi connectivity index (χ0) is 43.5. The maximum Gasteiger partial charge on any atom is 0.164 e. The third-order valence-corrected chi connectivity index (χ3v) is 10.8. The Kier molecular flexibility index (Phi) is 7.22. The van der Waals surface area contributed by atoms with E-state index < -0.39 is 18.1 Å². The Labute approximate surface area is 348 Å². The Bertz CT molecular complexity index is 3590. The van der Waals surface area contributed by atoms with Crippen molar-refractivity contribution in [3.8, 4) is 78.7 Å². The molecule has 0 radical (unpaired) electrons. The summed E-state index contributed by atoms with van der Waals surface area (Å²) in [7, 11) is 0. The first-order chi connectivity index (χ1) is 31.3. The Morgan fingerprint density at radius 3 is 1.58 bits per heavy atom. The molecule has 2 aromatic heterocycles. The first-order valence-corrected chi connectivity index (χ1v) is 19.4. The van der Waals surface area contributed by atoms with Gasteiger partial charge in [-0.1, -0.05) is 164 Å². The lowest BCUT2D eigenvalue weighted by molar-refractivity contribution is 0.670. The zero-order valence-corrected chi connectivity index (χ0v) is 31.6. The highest BCUT2D eigenvalue weighted by Gasteiger charge is 2.21. The average molecular weight is 759 g/mol. The van der Waals surface area contributed by atoms with Crippen LogP contribution in [0, 0.1) is 0 Å². The number of aromatic nitrogens is 3. The van der Waals surface area contributed by atoms with Crippen molar-refractivity contribution >= 4 is 32.7 Å². The summed E-state index contributed by atoms with van der Waals surface area (Å²) in [6.45, 7) is 0. The lowest BCUT2D eigenvalue weighted by atomic mass is 9.93. The van der Waals surface area contributed by atoms with E-state index in [1.54, 1.807) is 6.07 Å². The molecule has 0 atom stereocenters. The van der Waals surface area contributed by atoms with Crippen LogP contribution in [-0.4, -0.2) is 15.0 Å². The molecule has 0 aliphatic rings. The van der Waals surface area contributed by atoms with E-state index in [4.69, 9.17) is 26.2 Å². The highest BCUT2D eigenvalue weighted by atomic mass is 16.3. The molecule has 0 N–H and O–H groups in total. The number of para-hydroxylation sites is 1. The summed E-state index contributed by atoms with van der Waals surface area (Å²) in [6.07, 6.45) is 0. The van der Waals surface area contributed by atoms with Gasteiger partial charge >= 0.3 is 0 Å². The third-order valence-electron chi connectivity index (χ3n) is 10.8. The Morgan fingerprint density at radius 2 is 0.881 bits per heavy atom. The number of fused-ring (bicyclic) bond motifs is 4. The van der Waals surface area contributed by atoms with Crippen molar-refractivity contribution in [1.82, 2.24) is 15.0 Å². The van der Waals surface area contributed by atoms with Gasteiger partial charge in [-0.3, -0.25) is 0 Å². The molecule has 9 aromatic carbocycles. The quantitative estimate of drug-likeness (QED) is 0.162. The number of rotatable bonds is 7. The van der Waals surface area contributed by atoms with Crippen molar-refractivity contribution in [2.45, 2.75) is 0 Å². The largest absolute Gasteiger partial charge is 0.455 e. The molecule has 0 amide bonds. The van der Waals surface area contributed by atoms with Gasteiger partial charge in [0.1, 0.15) is 11.2 Å². The summed E-state index contributed by atoms with van der Waals surface area (Å²) in [4.78, 5) is 15.5. The second kappa shape index (κ2) is 14.5. The van der Waals surface area contributed by atoms with Crippen LogP contribution in [0.5, 0.6) is 0 Å². The van der Waals surface area contributed by atoms with E-state index in [1.165, 1.54) is 0 Å². The van der Waals surface area contributed by atoms with Crippen molar-refractivity contribution in [3.05, 3.63) is 212 Å². The van der Waals surface area contributed by atoms with Crippen LogP contribution >= 0.6 is 0 Å². The van der Waals surface area contributed by atoms with Crippen molar-refractivity contribution in [3.63, 3.8) is 0 Å². The molecule has 0 saturated heterocycles. The number of hydrogen-bond acceptors (Lipinski definition) is 4. The molecule has 0 aliphatic heterocycles. The Balaban J connectivity index is 1.15. The van der Waals surface area contributed by atoms with Crippen molar-refractivity contribution in [1.29, 1.82) is 0 Å². The lowest BCUT2D eigenvalue weighted by Crippen LogP contribution is -2.01. The molecule has 0 fully saturated rings. The summed E-state index contributed by atoms with van der Waals surface area (Å²) in [5.74, 6) is 1.22. The first kappa shape index (κ1) is 29.3. The summed E-state index contributed by atoms with van der Waals surface area (Å²) in [6, 6.07) is 58.6. The smallest absolute Gasteiger partial charge is 0.164 e. The van der Waals surface area contributed by atoms with Gasteiger partial charge in [0, 0.05) is 33.0 Å². The lowest BCUT2D eigenvalue weighted by Gasteiger charge is -2.14. The molecule has 0 aliphatic carbocycles. The average Bonchev–Trinajstić information content (AvgIpc) is 3.75. The summed E-state index contributed by atoms with van der Waals surface area (Å²) < 4.78 is 50.1. The fraction of sp³-hybridized carbons (Fsp3) is 0. The molecule has 0 saturated carbocycles. The molecule has 4 nitrogen and oxygen atoms in total. The van der Waals surface area contributed by atoms with Gasteiger partial charge in [-0.2, -0.15) is 0 Å². The first-order valence-electron chi connectivity index (χ1n) is 21.9. The summed E-state index contributed by atoms with van der Waals surface area (Å²) in [5, 5.41) is 3.88. The highest BCUT2D eigenvalue weighted by Crippen LogP contribution is 2.42. The van der Waals surface area contributed by atoms with Crippen molar-refractivity contribution < 1.29 is 11.3 Å². The topological polar surface area (TPSA) is 51.8 Å². The van der Waals surface area contributed by atoms with Gasteiger partial charge in [-0.25, -0.2) is 15.0 Å². The molecule has 276 valence electrons. The van der Waals surface area contributed by atoms with Gasteiger partial charge in [0.05, 0.1) is 6.85 Å². The van der Waals surface area contributed by atoms with Gasteiger partial charge in [0.25, 0.3) is 0 Å². The molecule has 4 heteroatoms. The second-order valence-electron chi connectivity index (χ2n) is 14.4. The van der Waals surface area contributed by atoms with Gasteiger partial charge < -0.3 is 4.42 Å². The summed E-state index contributed by atoms with van der Waals surface area (Å²) in [5.41, 5.74) is 9.92. The van der Waals surface area contributed by atoms with Crippen LogP contribution in [0.25, 0.3) is 111 Å². The van der Waals surface area contributed by atoms with Crippen LogP contribution in [0.1, 0.15) is 6.85 Å². The maximum atomic E-state index is 9.00. The minimum atomic E-state index is -0.453. The Morgan fingerprint density at radius 1 is 0.356 bits per heavy atom. The Hall–Kier alpha value is -7.95. The van der Waals surface area contributed by atoms with Gasteiger partial charge in [0.2, 0.25) is 0 Å². The second-order valence-corrected chi connectivity index (χ2v) is 14.4. The zero-order valence-electron chi connectivity index (χ0n) is 36.6. The molecular formula is C55H35N3O. The van der Waals surface area contributed by atoms with E-state index in [0.29, 0.717) is 34.2 Å². The number of nitrogens with zero attached hydrogens (tertiary/aromatic N) is 3. The number of furan rings is 1. The van der Waals surface area contributed by atoms with E-state index in [1.807, 2.05) is 121 Å². The fourth-order valence-corrected chi connectivity index (χ4v) is 7.90. The highest BCUT2D eigenvalue weighted by molar-refractivity contribution is 6.15. The minimum absolute atomic E-state index is 0.0861. The maximum absolute atomic E-state index is 9.00. The van der Waals surface area contributed by atoms with Gasteiger partial charge in [-0.15, -0.1) is 0 Å². The fourth-order valence-electron chi connectivity index (χ4n) is 7.90. The van der Waals surface area contributed by atoms with Crippen molar-refractivity contribution in [2.24, 2.45) is 0 Å². The molecule has 0 bridgehead atoms. The molecular weight excluding hydrogens is 719 g/mol. The molecule has 2 heterocycles.